The van der Waals surface area contributed by atoms with Crippen LogP contribution in [0.25, 0.3) is 0 Å². The zero-order valence-corrected chi connectivity index (χ0v) is 8.18. The lowest BCUT2D eigenvalue weighted by Gasteiger charge is -1.93. The lowest BCUT2D eigenvalue weighted by atomic mass is 10.2. The summed E-state index contributed by atoms with van der Waals surface area (Å²) >= 11 is 0. The maximum atomic E-state index is 8.51. The third-order valence-electron chi connectivity index (χ3n) is 1.31. The molecule has 1 atom stereocenters. The van der Waals surface area contributed by atoms with Gasteiger partial charge in [-0.2, -0.15) is 4.89 Å². The summed E-state index contributed by atoms with van der Waals surface area (Å²) in [4.78, 5) is 7.04. The second kappa shape index (κ2) is 16.5. The molecule has 0 saturated heterocycles. The van der Waals surface area contributed by atoms with E-state index in [2.05, 4.69) is 6.92 Å². The van der Waals surface area contributed by atoms with Crippen LogP contribution in [0.4, 0.5) is 0 Å². The van der Waals surface area contributed by atoms with E-state index in [1.807, 2.05) is 0 Å². The van der Waals surface area contributed by atoms with Crippen LogP contribution in [0.3, 0.4) is 0 Å². The minimum Gasteiger partial charge on any atom is -0.330 e. The maximum absolute atomic E-state index is 8.51. The molecule has 3 nitrogen and oxygen atoms in total. The topological polar surface area (TPSA) is 63.3 Å². The van der Waals surface area contributed by atoms with Gasteiger partial charge >= 0.3 is 8.69 Å². The Balaban J connectivity index is 0. The van der Waals surface area contributed by atoms with Crippen LogP contribution in [0, 0.1) is 0 Å². The Morgan fingerprint density at radius 3 is 2.09 bits per heavy atom. The van der Waals surface area contributed by atoms with Crippen LogP contribution in [0.1, 0.15) is 39.0 Å². The molecular formula is C7H19NO2P+. The molecule has 0 aliphatic rings. The molecule has 0 bridgehead atoms. The van der Waals surface area contributed by atoms with Crippen molar-refractivity contribution in [1.82, 2.24) is 0 Å². The molecule has 0 fully saturated rings. The smallest absolute Gasteiger partial charge is 0.330 e. The van der Waals surface area contributed by atoms with E-state index in [0.29, 0.717) is 0 Å². The molecule has 0 heterocycles. The summed E-state index contributed by atoms with van der Waals surface area (Å²) in [5, 5.41) is 0. The summed E-state index contributed by atoms with van der Waals surface area (Å²) in [6, 6.07) is 0. The van der Waals surface area contributed by atoms with Crippen molar-refractivity contribution in [3.8, 4) is 0 Å². The summed E-state index contributed by atoms with van der Waals surface area (Å²) in [6.45, 7) is 3.09. The SMILES string of the molecule is CCCCCCCN.O=[PH+]O. The van der Waals surface area contributed by atoms with Gasteiger partial charge in [-0.25, -0.2) is 0 Å². The van der Waals surface area contributed by atoms with Crippen molar-refractivity contribution in [2.45, 2.75) is 39.0 Å². The molecular weight excluding hydrogens is 161 g/mol. The van der Waals surface area contributed by atoms with Crippen molar-refractivity contribution in [2.75, 3.05) is 6.54 Å². The number of hydrogen-bond acceptors (Lipinski definition) is 2. The highest BCUT2D eigenvalue weighted by Crippen LogP contribution is 2.00. The Morgan fingerprint density at radius 1 is 1.27 bits per heavy atom. The van der Waals surface area contributed by atoms with Crippen LogP contribution in [0.2, 0.25) is 0 Å². The van der Waals surface area contributed by atoms with E-state index in [9.17, 15) is 0 Å². The van der Waals surface area contributed by atoms with Gasteiger partial charge in [-0.1, -0.05) is 32.6 Å². The molecule has 0 amide bonds. The Morgan fingerprint density at radius 2 is 1.73 bits per heavy atom. The fourth-order valence-electron chi connectivity index (χ4n) is 0.748. The van der Waals surface area contributed by atoms with Crippen LogP contribution in [0.5, 0.6) is 0 Å². The molecule has 0 aromatic heterocycles. The van der Waals surface area contributed by atoms with E-state index in [4.69, 9.17) is 15.2 Å². The molecule has 4 heteroatoms. The summed E-state index contributed by atoms with van der Waals surface area (Å²) in [7, 11) is -1.17. The predicted molar refractivity (Wildman–Crippen MR) is 49.0 cm³/mol. The first kappa shape index (κ1) is 13.6. The molecule has 0 radical (unpaired) electrons. The second-order valence-electron chi connectivity index (χ2n) is 2.29. The van der Waals surface area contributed by atoms with Crippen LogP contribution in [-0.4, -0.2) is 11.4 Å². The van der Waals surface area contributed by atoms with E-state index in [0.717, 1.165) is 6.54 Å². The highest BCUT2D eigenvalue weighted by atomic mass is 31.1. The molecule has 0 aromatic rings. The number of rotatable bonds is 5. The molecule has 0 spiro atoms. The van der Waals surface area contributed by atoms with E-state index in [1.54, 1.807) is 0 Å². The molecule has 0 aliphatic carbocycles. The lowest BCUT2D eigenvalue weighted by molar-refractivity contribution is 0.524. The van der Waals surface area contributed by atoms with Gasteiger partial charge in [-0.15, -0.1) is 0 Å². The second-order valence-corrected chi connectivity index (χ2v) is 2.48. The highest BCUT2D eigenvalue weighted by Gasteiger charge is 1.83. The van der Waals surface area contributed by atoms with Crippen LogP contribution < -0.4 is 5.73 Å². The average Bonchev–Trinajstić information content (AvgIpc) is 2.00. The third kappa shape index (κ3) is 25.6. The third-order valence-corrected chi connectivity index (χ3v) is 1.31. The molecule has 0 rings (SSSR count). The molecule has 0 aromatic carbocycles. The van der Waals surface area contributed by atoms with Gasteiger partial charge < -0.3 is 5.73 Å². The summed E-state index contributed by atoms with van der Waals surface area (Å²) in [5.41, 5.74) is 5.31. The first-order valence-corrected chi connectivity index (χ1v) is 4.90. The summed E-state index contributed by atoms with van der Waals surface area (Å²) < 4.78 is 8.51. The van der Waals surface area contributed by atoms with Gasteiger partial charge in [-0.3, -0.25) is 0 Å². The van der Waals surface area contributed by atoms with Gasteiger partial charge in [-0.05, 0) is 17.5 Å². The zero-order chi connectivity index (χ0) is 8.95. The fraction of sp³-hybridized carbons (Fsp3) is 1.00. The Labute approximate surface area is 70.3 Å². The lowest BCUT2D eigenvalue weighted by Crippen LogP contribution is -1.97. The van der Waals surface area contributed by atoms with Crippen molar-refractivity contribution in [3.05, 3.63) is 0 Å². The number of hydrogen-bond donors (Lipinski definition) is 2. The van der Waals surface area contributed by atoms with Crippen LogP contribution in [0.15, 0.2) is 0 Å². The summed E-state index contributed by atoms with van der Waals surface area (Å²) in [5.74, 6) is 0. The Bertz CT molecular complexity index is 65.5. The van der Waals surface area contributed by atoms with Gasteiger partial charge in [0.05, 0.1) is 0 Å². The standard InChI is InChI=1S/C7H17N.HO2P/c1-2-3-4-5-6-7-8;1-3-2/h2-8H2,1H3;3H/p+1. The first-order valence-electron chi connectivity index (χ1n) is 4.04. The quantitative estimate of drug-likeness (QED) is 0.501. The largest absolute Gasteiger partial charge is 0.491 e. The minimum atomic E-state index is -1.17. The van der Waals surface area contributed by atoms with Gasteiger partial charge in [0.15, 0.2) is 0 Å². The Hall–Kier alpha value is 0.0200. The molecule has 0 saturated carbocycles. The van der Waals surface area contributed by atoms with E-state index < -0.39 is 8.69 Å². The van der Waals surface area contributed by atoms with Crippen LogP contribution in [-0.2, 0) is 4.57 Å². The van der Waals surface area contributed by atoms with Crippen molar-refractivity contribution in [1.29, 1.82) is 0 Å². The van der Waals surface area contributed by atoms with E-state index in [1.165, 1.54) is 32.1 Å². The van der Waals surface area contributed by atoms with Gasteiger partial charge in [0.2, 0.25) is 0 Å². The van der Waals surface area contributed by atoms with Crippen molar-refractivity contribution >= 4 is 8.69 Å². The van der Waals surface area contributed by atoms with Gasteiger partial charge in [0.25, 0.3) is 0 Å². The predicted octanol–water partition coefficient (Wildman–Crippen LogP) is 1.83. The number of unbranched alkanes of at least 4 members (excludes halogenated alkanes) is 4. The molecule has 1 unspecified atom stereocenters. The molecule has 3 N–H and O–H groups in total. The number of nitrogens with two attached hydrogens (primary N) is 1. The van der Waals surface area contributed by atoms with Gasteiger partial charge in [0.1, 0.15) is 0 Å². The highest BCUT2D eigenvalue weighted by molar-refractivity contribution is 7.16. The average molecular weight is 180 g/mol. The van der Waals surface area contributed by atoms with E-state index >= 15 is 0 Å². The monoisotopic (exact) mass is 180 g/mol. The Kier molecular flexibility index (Phi) is 20.5. The first-order chi connectivity index (χ1) is 5.33. The normalized spacial score (nSPS) is 9.00. The van der Waals surface area contributed by atoms with Crippen molar-refractivity contribution in [2.24, 2.45) is 5.73 Å². The fourth-order valence-corrected chi connectivity index (χ4v) is 0.748. The maximum Gasteiger partial charge on any atom is 0.491 e. The van der Waals surface area contributed by atoms with Gasteiger partial charge in [0, 0.05) is 0 Å². The minimum absolute atomic E-state index is 0.865. The van der Waals surface area contributed by atoms with E-state index in [-0.39, 0.29) is 0 Å². The van der Waals surface area contributed by atoms with Crippen LogP contribution >= 0.6 is 8.69 Å². The van der Waals surface area contributed by atoms with Crippen molar-refractivity contribution in [3.63, 3.8) is 0 Å². The zero-order valence-electron chi connectivity index (χ0n) is 7.18. The molecule has 11 heavy (non-hydrogen) atoms. The van der Waals surface area contributed by atoms with Crippen molar-refractivity contribution < 1.29 is 9.46 Å². The molecule has 0 aliphatic heterocycles. The summed E-state index contributed by atoms with van der Waals surface area (Å²) in [6.07, 6.45) is 6.60. The molecule has 68 valence electrons.